The maximum absolute atomic E-state index is 11.8. The third-order valence-corrected chi connectivity index (χ3v) is 5.22. The summed E-state index contributed by atoms with van der Waals surface area (Å²) in [5.41, 5.74) is 0.888. The number of carbonyl (C=O) groups is 1. The molecule has 0 radical (unpaired) electrons. The zero-order valence-electron chi connectivity index (χ0n) is 13.1. The largest absolute Gasteiger partial charge is 0.493 e. The molecule has 0 bridgehead atoms. The average molecular weight is 322 g/mol. The van der Waals surface area contributed by atoms with E-state index in [4.69, 9.17) is 21.1 Å². The van der Waals surface area contributed by atoms with E-state index in [1.807, 2.05) is 18.2 Å². The number of rotatable bonds is 3. The minimum absolute atomic E-state index is 0.166. The highest BCUT2D eigenvalue weighted by Gasteiger charge is 2.48. The third-order valence-electron chi connectivity index (χ3n) is 4.94. The van der Waals surface area contributed by atoms with Crippen molar-refractivity contribution < 1.29 is 14.3 Å². The van der Waals surface area contributed by atoms with E-state index in [1.165, 1.54) is 0 Å². The number of likely N-dealkylation sites (N-methyl/N-ethyl adjacent to an activating group) is 1. The van der Waals surface area contributed by atoms with Crippen LogP contribution in [0.3, 0.4) is 0 Å². The summed E-state index contributed by atoms with van der Waals surface area (Å²) < 4.78 is 10.7. The van der Waals surface area contributed by atoms with Crippen LogP contribution in [0.15, 0.2) is 24.3 Å². The van der Waals surface area contributed by atoms with Gasteiger partial charge in [-0.25, -0.2) is 0 Å². The molecular weight excluding hydrogens is 302 g/mol. The number of methoxy groups -OCH3 is 2. The number of hydrogen-bond donors (Lipinski definition) is 0. The van der Waals surface area contributed by atoms with Crippen LogP contribution in [0, 0.1) is 0 Å². The standard InChI is InChI=1S/C17H20ClNO3/c1-19-7-6-17(5-4-12(20)10-15(17)19)11-8-13(18)16(22-3)14(9-11)21-2/h4-5,8-9,15H,6-7,10H2,1-3H3/t15-,17-/m0/s1. The summed E-state index contributed by atoms with van der Waals surface area (Å²) in [6.45, 7) is 0.953. The first-order valence-electron chi connectivity index (χ1n) is 7.36. The summed E-state index contributed by atoms with van der Waals surface area (Å²) in [5, 5.41) is 0.532. The van der Waals surface area contributed by atoms with Gasteiger partial charge in [0.25, 0.3) is 0 Å². The van der Waals surface area contributed by atoms with E-state index >= 15 is 0 Å². The summed E-state index contributed by atoms with van der Waals surface area (Å²) in [6.07, 6.45) is 5.26. The zero-order valence-corrected chi connectivity index (χ0v) is 13.8. The van der Waals surface area contributed by atoms with Crippen LogP contribution in [0.2, 0.25) is 5.02 Å². The molecule has 4 nitrogen and oxygen atoms in total. The van der Waals surface area contributed by atoms with Crippen molar-refractivity contribution in [2.24, 2.45) is 0 Å². The van der Waals surface area contributed by atoms with Gasteiger partial charge in [0.05, 0.1) is 19.2 Å². The Kier molecular flexibility index (Phi) is 3.91. The monoisotopic (exact) mass is 321 g/mol. The predicted molar refractivity (Wildman–Crippen MR) is 86.0 cm³/mol. The second kappa shape index (κ2) is 5.60. The minimum atomic E-state index is -0.189. The quantitative estimate of drug-likeness (QED) is 0.858. The van der Waals surface area contributed by atoms with E-state index in [-0.39, 0.29) is 17.2 Å². The fraction of sp³-hybridized carbons (Fsp3) is 0.471. The number of benzene rings is 1. The van der Waals surface area contributed by atoms with Gasteiger partial charge in [-0.3, -0.25) is 4.79 Å². The lowest BCUT2D eigenvalue weighted by molar-refractivity contribution is -0.116. The summed E-state index contributed by atoms with van der Waals surface area (Å²) >= 11 is 6.38. The van der Waals surface area contributed by atoms with Gasteiger partial charge in [-0.15, -0.1) is 0 Å². The highest BCUT2D eigenvalue weighted by atomic mass is 35.5. The zero-order chi connectivity index (χ0) is 15.9. The van der Waals surface area contributed by atoms with Crippen LogP contribution in [0.1, 0.15) is 18.4 Å². The summed E-state index contributed by atoms with van der Waals surface area (Å²) in [7, 11) is 5.25. The Bertz CT molecular complexity index is 643. The average Bonchev–Trinajstić information content (AvgIpc) is 2.84. The highest BCUT2D eigenvalue weighted by molar-refractivity contribution is 6.32. The lowest BCUT2D eigenvalue weighted by Crippen LogP contribution is -2.43. The van der Waals surface area contributed by atoms with Crippen LogP contribution >= 0.6 is 11.6 Å². The van der Waals surface area contributed by atoms with Crippen molar-refractivity contribution in [1.82, 2.24) is 4.90 Å². The van der Waals surface area contributed by atoms with Gasteiger partial charge < -0.3 is 14.4 Å². The molecule has 1 fully saturated rings. The fourth-order valence-corrected chi connectivity index (χ4v) is 4.02. The second-order valence-corrected chi connectivity index (χ2v) is 6.39. The van der Waals surface area contributed by atoms with Crippen molar-refractivity contribution in [1.29, 1.82) is 0 Å². The Labute approximate surface area is 135 Å². The normalized spacial score (nSPS) is 27.8. The second-order valence-electron chi connectivity index (χ2n) is 5.98. The number of hydrogen-bond acceptors (Lipinski definition) is 4. The molecule has 22 heavy (non-hydrogen) atoms. The molecule has 0 aromatic heterocycles. The molecule has 0 unspecified atom stereocenters. The highest BCUT2D eigenvalue weighted by Crippen LogP contribution is 2.48. The Morgan fingerprint density at radius 3 is 2.77 bits per heavy atom. The Morgan fingerprint density at radius 2 is 2.09 bits per heavy atom. The molecule has 1 aliphatic heterocycles. The third kappa shape index (κ3) is 2.22. The predicted octanol–water partition coefficient (Wildman–Crippen LogP) is 2.83. The Balaban J connectivity index is 2.15. The first-order valence-corrected chi connectivity index (χ1v) is 7.74. The van der Waals surface area contributed by atoms with Crippen LogP contribution < -0.4 is 9.47 Å². The smallest absolute Gasteiger partial charge is 0.179 e. The first-order chi connectivity index (χ1) is 10.5. The van der Waals surface area contributed by atoms with Crippen molar-refractivity contribution in [3.05, 3.63) is 34.9 Å². The van der Waals surface area contributed by atoms with Gasteiger partial charge in [0.2, 0.25) is 0 Å². The molecule has 1 saturated heterocycles. The number of ketones is 1. The van der Waals surface area contributed by atoms with Gasteiger partial charge in [-0.05, 0) is 43.8 Å². The molecule has 5 heteroatoms. The number of halogens is 1. The topological polar surface area (TPSA) is 38.8 Å². The van der Waals surface area contributed by atoms with Crippen LogP contribution in [-0.4, -0.2) is 44.5 Å². The van der Waals surface area contributed by atoms with Gasteiger partial charge in [0.15, 0.2) is 17.3 Å². The van der Waals surface area contributed by atoms with E-state index in [2.05, 4.69) is 11.9 Å². The number of likely N-dealkylation sites (tertiary alicyclic amines) is 1. The van der Waals surface area contributed by atoms with Gasteiger partial charge >= 0.3 is 0 Å². The maximum atomic E-state index is 11.8. The van der Waals surface area contributed by atoms with E-state index < -0.39 is 0 Å². The lowest BCUT2D eigenvalue weighted by atomic mass is 9.69. The molecule has 1 aromatic carbocycles. The van der Waals surface area contributed by atoms with Gasteiger partial charge in [-0.1, -0.05) is 17.7 Å². The van der Waals surface area contributed by atoms with Gasteiger partial charge in [0, 0.05) is 17.9 Å². The molecular formula is C17H20ClNO3. The Hall–Kier alpha value is -1.52. The fourth-order valence-electron chi connectivity index (χ4n) is 3.73. The molecule has 1 heterocycles. The van der Waals surface area contributed by atoms with Crippen LogP contribution in [0.5, 0.6) is 11.5 Å². The van der Waals surface area contributed by atoms with E-state index in [0.29, 0.717) is 22.9 Å². The molecule has 0 saturated carbocycles. The van der Waals surface area contributed by atoms with Gasteiger partial charge in [0.1, 0.15) is 0 Å². The molecule has 0 amide bonds. The van der Waals surface area contributed by atoms with Crippen molar-refractivity contribution in [2.75, 3.05) is 27.8 Å². The SMILES string of the molecule is COc1cc([C@@]23C=CC(=O)C[C@@H]2N(C)CC3)cc(Cl)c1OC. The number of carbonyl (C=O) groups excluding carboxylic acids is 1. The molecule has 1 aromatic rings. The minimum Gasteiger partial charge on any atom is -0.493 e. The van der Waals surface area contributed by atoms with Crippen LogP contribution in [0.4, 0.5) is 0 Å². The van der Waals surface area contributed by atoms with Crippen molar-refractivity contribution in [2.45, 2.75) is 24.3 Å². The number of ether oxygens (including phenoxy) is 2. The van der Waals surface area contributed by atoms with E-state index in [1.54, 1.807) is 20.3 Å². The first kappa shape index (κ1) is 15.4. The molecule has 2 aliphatic rings. The van der Waals surface area contributed by atoms with Crippen molar-refractivity contribution in [3.8, 4) is 11.5 Å². The number of allylic oxidation sites excluding steroid dienone is 1. The number of fused-ring (bicyclic) bond motifs is 1. The van der Waals surface area contributed by atoms with E-state index in [9.17, 15) is 4.79 Å². The van der Waals surface area contributed by atoms with Crippen molar-refractivity contribution >= 4 is 17.4 Å². The molecule has 118 valence electrons. The molecule has 1 aliphatic carbocycles. The van der Waals surface area contributed by atoms with Crippen LogP contribution in [0.25, 0.3) is 0 Å². The molecule has 0 spiro atoms. The molecule has 3 rings (SSSR count). The summed E-state index contributed by atoms with van der Waals surface area (Å²) in [6, 6.07) is 4.09. The lowest BCUT2D eigenvalue weighted by Gasteiger charge is -2.37. The number of nitrogens with zero attached hydrogens (tertiary/aromatic N) is 1. The molecule has 2 atom stereocenters. The summed E-state index contributed by atoms with van der Waals surface area (Å²) in [5.74, 6) is 1.35. The van der Waals surface area contributed by atoms with Crippen LogP contribution in [-0.2, 0) is 10.2 Å². The summed E-state index contributed by atoms with van der Waals surface area (Å²) in [4.78, 5) is 14.1. The van der Waals surface area contributed by atoms with E-state index in [0.717, 1.165) is 18.5 Å². The Morgan fingerprint density at radius 1 is 1.32 bits per heavy atom. The molecule has 0 N–H and O–H groups in total. The van der Waals surface area contributed by atoms with Gasteiger partial charge in [-0.2, -0.15) is 0 Å². The maximum Gasteiger partial charge on any atom is 0.179 e. The van der Waals surface area contributed by atoms with Crippen molar-refractivity contribution in [3.63, 3.8) is 0 Å².